The number of carbonyl (C=O) groups is 1. The van der Waals surface area contributed by atoms with Crippen molar-refractivity contribution in [3.8, 4) is 0 Å². The Bertz CT molecular complexity index is 1070. The first-order chi connectivity index (χ1) is 14.0. The number of carbonyl (C=O) groups excluding carboxylic acids is 1. The monoisotopic (exact) mass is 460 g/mol. The van der Waals surface area contributed by atoms with Gasteiger partial charge < -0.3 is 10.6 Å². The molecular weight excluding hydrogens is 441 g/mol. The van der Waals surface area contributed by atoms with Crippen LogP contribution in [0.4, 0.5) is 13.2 Å². The molecule has 0 saturated carbocycles. The first kappa shape index (κ1) is 22.6. The van der Waals surface area contributed by atoms with Crippen molar-refractivity contribution in [2.24, 2.45) is 0 Å². The van der Waals surface area contributed by atoms with E-state index in [1.807, 2.05) is 0 Å². The van der Waals surface area contributed by atoms with Gasteiger partial charge >= 0.3 is 6.18 Å². The van der Waals surface area contributed by atoms with Crippen LogP contribution in [0.2, 0.25) is 5.02 Å². The average Bonchev–Trinajstić information content (AvgIpc) is 2.70. The summed E-state index contributed by atoms with van der Waals surface area (Å²) in [7, 11) is -4.12. The highest BCUT2D eigenvalue weighted by atomic mass is 35.5. The lowest BCUT2D eigenvalue weighted by Crippen LogP contribution is -2.62. The molecule has 0 bridgehead atoms. The fourth-order valence-corrected chi connectivity index (χ4v) is 5.84. The Morgan fingerprint density at radius 1 is 1.20 bits per heavy atom. The molecule has 1 fully saturated rings. The van der Waals surface area contributed by atoms with Gasteiger partial charge in [-0.1, -0.05) is 23.7 Å². The van der Waals surface area contributed by atoms with Gasteiger partial charge in [-0.3, -0.25) is 4.79 Å². The van der Waals surface area contributed by atoms with Crippen molar-refractivity contribution in [3.05, 3.63) is 64.2 Å². The highest BCUT2D eigenvalue weighted by Gasteiger charge is 2.47. The molecule has 2 N–H and O–H groups in total. The van der Waals surface area contributed by atoms with Gasteiger partial charge in [-0.05, 0) is 62.2 Å². The van der Waals surface area contributed by atoms with Crippen molar-refractivity contribution in [2.75, 3.05) is 13.1 Å². The van der Waals surface area contributed by atoms with E-state index in [0.717, 1.165) is 12.1 Å². The van der Waals surface area contributed by atoms with E-state index in [1.165, 1.54) is 18.2 Å². The summed E-state index contributed by atoms with van der Waals surface area (Å²) in [6.45, 7) is 2.05. The van der Waals surface area contributed by atoms with E-state index >= 15 is 0 Å². The van der Waals surface area contributed by atoms with Crippen molar-refractivity contribution < 1.29 is 26.4 Å². The maximum Gasteiger partial charge on any atom is 0.416 e. The van der Waals surface area contributed by atoms with Crippen molar-refractivity contribution >= 4 is 27.3 Å². The number of hydrogen-bond acceptors (Lipinski definition) is 4. The van der Waals surface area contributed by atoms with Gasteiger partial charge in [-0.15, -0.1) is 0 Å². The number of amides is 1. The minimum Gasteiger partial charge on any atom is -0.332 e. The molecule has 3 rings (SSSR count). The number of sulfone groups is 1. The molecule has 1 aliphatic heterocycles. The van der Waals surface area contributed by atoms with Crippen LogP contribution >= 0.6 is 11.6 Å². The fraction of sp³-hybridized carbons (Fsp3) is 0.350. The summed E-state index contributed by atoms with van der Waals surface area (Å²) in [5.74, 6) is -0.895. The molecule has 2 aromatic carbocycles. The third-order valence-corrected chi connectivity index (χ3v) is 8.07. The predicted molar refractivity (Wildman–Crippen MR) is 107 cm³/mol. The van der Waals surface area contributed by atoms with Gasteiger partial charge in [0.25, 0.3) is 5.91 Å². The van der Waals surface area contributed by atoms with Crippen molar-refractivity contribution in [1.29, 1.82) is 0 Å². The lowest BCUT2D eigenvalue weighted by molar-refractivity contribution is -0.137. The summed E-state index contributed by atoms with van der Waals surface area (Å²) in [5.41, 5.74) is -0.912. The molecule has 0 spiro atoms. The molecule has 162 valence electrons. The van der Waals surface area contributed by atoms with Gasteiger partial charge in [0, 0.05) is 17.1 Å². The summed E-state index contributed by atoms with van der Waals surface area (Å²) in [6, 6.07) is 8.34. The summed E-state index contributed by atoms with van der Waals surface area (Å²) in [6.07, 6.45) is -4.05. The van der Waals surface area contributed by atoms with E-state index in [1.54, 1.807) is 13.0 Å². The molecule has 1 heterocycles. The standard InChI is InChI=1S/C20H20ClF3N2O3S/c1-13-16(21)7-3-8-17(13)30(28,29)19(9-4-10-25-12-19)26-18(27)14-5-2-6-15(11-14)20(22,23)24/h2-3,5-8,11,25H,4,9-10,12H2,1H3,(H,26,27)/t19-/m0/s1. The first-order valence-electron chi connectivity index (χ1n) is 9.18. The highest BCUT2D eigenvalue weighted by Crippen LogP contribution is 2.34. The first-order valence-corrected chi connectivity index (χ1v) is 11.0. The number of rotatable bonds is 4. The van der Waals surface area contributed by atoms with Gasteiger partial charge in [-0.2, -0.15) is 13.2 Å². The second-order valence-corrected chi connectivity index (χ2v) is 9.81. The quantitative estimate of drug-likeness (QED) is 0.724. The minimum absolute atomic E-state index is 0.0250. The maximum atomic E-state index is 13.6. The number of alkyl halides is 3. The number of hydrogen-bond donors (Lipinski definition) is 2. The zero-order valence-electron chi connectivity index (χ0n) is 16.0. The van der Waals surface area contributed by atoms with Gasteiger partial charge in [0.05, 0.1) is 10.5 Å². The third kappa shape index (κ3) is 4.19. The molecule has 0 aliphatic carbocycles. The van der Waals surface area contributed by atoms with E-state index < -0.39 is 32.4 Å². The Morgan fingerprint density at radius 3 is 2.53 bits per heavy atom. The van der Waals surface area contributed by atoms with E-state index in [9.17, 15) is 26.4 Å². The summed E-state index contributed by atoms with van der Waals surface area (Å²) in [5, 5.41) is 5.75. The Balaban J connectivity index is 2.03. The molecule has 10 heteroatoms. The molecule has 1 saturated heterocycles. The Hall–Kier alpha value is -2.10. The Kier molecular flexibility index (Phi) is 6.18. The molecule has 2 aromatic rings. The maximum absolute atomic E-state index is 13.6. The molecule has 0 aromatic heterocycles. The number of nitrogens with one attached hydrogen (secondary N) is 2. The molecule has 1 amide bonds. The number of benzene rings is 2. The molecular formula is C20H20ClF3N2O3S. The molecule has 0 radical (unpaired) electrons. The Morgan fingerprint density at radius 2 is 1.90 bits per heavy atom. The van der Waals surface area contributed by atoms with E-state index in [4.69, 9.17) is 11.6 Å². The van der Waals surface area contributed by atoms with Crippen LogP contribution in [0.1, 0.15) is 34.3 Å². The van der Waals surface area contributed by atoms with E-state index in [0.29, 0.717) is 24.6 Å². The van der Waals surface area contributed by atoms with Crippen molar-refractivity contribution in [3.63, 3.8) is 0 Å². The van der Waals surface area contributed by atoms with Gasteiger partial charge in [0.1, 0.15) is 0 Å². The summed E-state index contributed by atoms with van der Waals surface area (Å²) >= 11 is 6.09. The topological polar surface area (TPSA) is 75.3 Å². The molecule has 30 heavy (non-hydrogen) atoms. The minimum atomic E-state index is -4.62. The zero-order valence-corrected chi connectivity index (χ0v) is 17.6. The summed E-state index contributed by atoms with van der Waals surface area (Å²) < 4.78 is 66.2. The second-order valence-electron chi connectivity index (χ2n) is 7.17. The van der Waals surface area contributed by atoms with Crippen LogP contribution < -0.4 is 10.6 Å². The largest absolute Gasteiger partial charge is 0.416 e. The number of halogens is 4. The fourth-order valence-electron chi connectivity index (χ4n) is 3.49. The highest BCUT2D eigenvalue weighted by molar-refractivity contribution is 7.93. The second kappa shape index (κ2) is 8.20. The average molecular weight is 461 g/mol. The van der Waals surface area contributed by atoms with Crippen LogP contribution in [0, 0.1) is 6.92 Å². The molecule has 0 unspecified atom stereocenters. The predicted octanol–water partition coefficient (Wildman–Crippen LogP) is 3.95. The summed E-state index contributed by atoms with van der Waals surface area (Å²) in [4.78, 5) is 11.1. The van der Waals surface area contributed by atoms with Crippen LogP contribution in [-0.4, -0.2) is 32.3 Å². The zero-order chi connectivity index (χ0) is 22.2. The van der Waals surface area contributed by atoms with Crippen molar-refractivity contribution in [1.82, 2.24) is 10.6 Å². The van der Waals surface area contributed by atoms with Crippen LogP contribution in [0.5, 0.6) is 0 Å². The van der Waals surface area contributed by atoms with Crippen LogP contribution in [0.3, 0.4) is 0 Å². The van der Waals surface area contributed by atoms with Gasteiger partial charge in [0.15, 0.2) is 4.87 Å². The number of piperidine rings is 1. The SMILES string of the molecule is Cc1c(Cl)cccc1S(=O)(=O)[C@@]1(NC(=O)c2cccc(C(F)(F)F)c2)CCCNC1. The lowest BCUT2D eigenvalue weighted by atomic mass is 10.1. The van der Waals surface area contributed by atoms with Crippen LogP contribution in [0.25, 0.3) is 0 Å². The molecule has 5 nitrogen and oxygen atoms in total. The van der Waals surface area contributed by atoms with Gasteiger partial charge in [-0.25, -0.2) is 8.42 Å². The van der Waals surface area contributed by atoms with Gasteiger partial charge in [0.2, 0.25) is 9.84 Å². The Labute approximate surface area is 177 Å². The van der Waals surface area contributed by atoms with Crippen LogP contribution in [0.15, 0.2) is 47.4 Å². The molecule has 1 atom stereocenters. The van der Waals surface area contributed by atoms with Crippen molar-refractivity contribution in [2.45, 2.75) is 35.7 Å². The lowest BCUT2D eigenvalue weighted by Gasteiger charge is -2.38. The van der Waals surface area contributed by atoms with E-state index in [2.05, 4.69) is 10.6 Å². The third-order valence-electron chi connectivity index (χ3n) is 5.16. The van der Waals surface area contributed by atoms with Crippen LogP contribution in [-0.2, 0) is 16.0 Å². The normalized spacial score (nSPS) is 20.0. The van der Waals surface area contributed by atoms with E-state index in [-0.39, 0.29) is 28.4 Å². The smallest absolute Gasteiger partial charge is 0.332 e. The molecule has 1 aliphatic rings.